The minimum Gasteiger partial charge on any atom is -0.399 e. The molecule has 1 heterocycles. The summed E-state index contributed by atoms with van der Waals surface area (Å²) in [6, 6.07) is 7.76. The molecule has 78 valence electrons. The first-order valence-electron chi connectivity index (χ1n) is 4.82. The minimum absolute atomic E-state index is 0.243. The molecule has 5 nitrogen and oxygen atoms in total. The quantitative estimate of drug-likeness (QED) is 0.751. The van der Waals surface area contributed by atoms with Gasteiger partial charge < -0.3 is 5.73 Å². The van der Waals surface area contributed by atoms with Crippen molar-refractivity contribution < 1.29 is 0 Å². The summed E-state index contributed by atoms with van der Waals surface area (Å²) >= 11 is 0. The maximum absolute atomic E-state index is 5.62. The van der Waals surface area contributed by atoms with Crippen LogP contribution in [0.1, 0.15) is 19.9 Å². The molecular formula is C10H13N5. The fourth-order valence-electron chi connectivity index (χ4n) is 1.36. The third-order valence-corrected chi connectivity index (χ3v) is 2.15. The minimum atomic E-state index is 0.243. The number of anilines is 1. The molecule has 0 aliphatic rings. The molecule has 0 saturated heterocycles. The third-order valence-electron chi connectivity index (χ3n) is 2.15. The second-order valence-corrected chi connectivity index (χ2v) is 3.66. The van der Waals surface area contributed by atoms with Gasteiger partial charge in [-0.3, -0.25) is 0 Å². The van der Waals surface area contributed by atoms with Crippen molar-refractivity contribution >= 4 is 5.69 Å². The summed E-state index contributed by atoms with van der Waals surface area (Å²) in [5.74, 6) is 0.769. The molecule has 0 radical (unpaired) electrons. The van der Waals surface area contributed by atoms with E-state index >= 15 is 0 Å². The average Bonchev–Trinajstić information content (AvgIpc) is 2.67. The summed E-state index contributed by atoms with van der Waals surface area (Å²) in [4.78, 5) is 0. The Balaban J connectivity index is 2.45. The van der Waals surface area contributed by atoms with Crippen molar-refractivity contribution in [1.29, 1.82) is 0 Å². The molecule has 2 N–H and O–H groups in total. The summed E-state index contributed by atoms with van der Waals surface area (Å²) in [5, 5.41) is 11.6. The molecule has 0 spiro atoms. The Kier molecular flexibility index (Phi) is 2.37. The van der Waals surface area contributed by atoms with Gasteiger partial charge in [0.1, 0.15) is 0 Å². The Hall–Kier alpha value is -1.91. The van der Waals surface area contributed by atoms with Crippen molar-refractivity contribution in [2.24, 2.45) is 0 Å². The Labute approximate surface area is 87.9 Å². The van der Waals surface area contributed by atoms with Gasteiger partial charge in [0.05, 0.1) is 6.04 Å². The largest absolute Gasteiger partial charge is 0.399 e. The van der Waals surface area contributed by atoms with Crippen LogP contribution in [0.25, 0.3) is 11.4 Å². The van der Waals surface area contributed by atoms with Crippen LogP contribution < -0.4 is 5.73 Å². The number of rotatable bonds is 2. The predicted octanol–water partition coefficient (Wildman–Crippen LogP) is 1.50. The molecule has 0 atom stereocenters. The lowest BCUT2D eigenvalue weighted by Crippen LogP contribution is -2.05. The van der Waals surface area contributed by atoms with Crippen molar-refractivity contribution in [3.63, 3.8) is 0 Å². The Morgan fingerprint density at radius 2 is 1.87 bits per heavy atom. The van der Waals surface area contributed by atoms with Crippen molar-refractivity contribution in [2.45, 2.75) is 19.9 Å². The molecule has 0 bridgehead atoms. The Morgan fingerprint density at radius 3 is 2.47 bits per heavy atom. The first-order valence-corrected chi connectivity index (χ1v) is 4.82. The smallest absolute Gasteiger partial charge is 0.182 e. The van der Waals surface area contributed by atoms with Crippen molar-refractivity contribution in [3.05, 3.63) is 24.3 Å². The van der Waals surface area contributed by atoms with Crippen LogP contribution in [-0.4, -0.2) is 20.2 Å². The number of tetrazole rings is 1. The molecule has 2 aromatic rings. The lowest BCUT2D eigenvalue weighted by molar-refractivity contribution is 0.519. The fraction of sp³-hybridized carbons (Fsp3) is 0.300. The standard InChI is InChI=1S/C10H13N5/c1-7(2)15-10(12-13-14-15)8-3-5-9(11)6-4-8/h3-7H,11H2,1-2H3. The SMILES string of the molecule is CC(C)n1nnnc1-c1ccc(N)cc1. The zero-order valence-corrected chi connectivity index (χ0v) is 8.75. The van der Waals surface area contributed by atoms with Gasteiger partial charge in [-0.15, -0.1) is 5.10 Å². The lowest BCUT2D eigenvalue weighted by atomic mass is 10.2. The first-order chi connectivity index (χ1) is 7.18. The molecule has 0 fully saturated rings. The summed E-state index contributed by atoms with van der Waals surface area (Å²) in [6.45, 7) is 4.08. The van der Waals surface area contributed by atoms with Gasteiger partial charge in [-0.2, -0.15) is 0 Å². The van der Waals surface area contributed by atoms with Crippen LogP contribution >= 0.6 is 0 Å². The second-order valence-electron chi connectivity index (χ2n) is 3.66. The highest BCUT2D eigenvalue weighted by Crippen LogP contribution is 2.19. The second kappa shape index (κ2) is 3.68. The lowest BCUT2D eigenvalue weighted by Gasteiger charge is -2.07. The number of benzene rings is 1. The van der Waals surface area contributed by atoms with E-state index in [4.69, 9.17) is 5.73 Å². The summed E-state index contributed by atoms with van der Waals surface area (Å²) in [6.07, 6.45) is 0. The molecule has 0 saturated carbocycles. The highest BCUT2D eigenvalue weighted by molar-refractivity contribution is 5.58. The maximum Gasteiger partial charge on any atom is 0.182 e. The van der Waals surface area contributed by atoms with Gasteiger partial charge in [0.15, 0.2) is 5.82 Å². The van der Waals surface area contributed by atoms with E-state index in [9.17, 15) is 0 Å². The van der Waals surface area contributed by atoms with E-state index in [0.29, 0.717) is 0 Å². The Bertz CT molecular complexity index is 443. The molecule has 2 rings (SSSR count). The third kappa shape index (κ3) is 1.81. The van der Waals surface area contributed by atoms with E-state index in [2.05, 4.69) is 15.5 Å². The van der Waals surface area contributed by atoms with Crippen LogP contribution in [0, 0.1) is 0 Å². The molecular weight excluding hydrogens is 190 g/mol. The van der Waals surface area contributed by atoms with Gasteiger partial charge >= 0.3 is 0 Å². The molecule has 15 heavy (non-hydrogen) atoms. The van der Waals surface area contributed by atoms with Gasteiger partial charge in [-0.1, -0.05) is 0 Å². The van der Waals surface area contributed by atoms with Gasteiger partial charge in [0.2, 0.25) is 0 Å². The number of nitrogens with two attached hydrogens (primary N) is 1. The van der Waals surface area contributed by atoms with Gasteiger partial charge in [0.25, 0.3) is 0 Å². The summed E-state index contributed by atoms with van der Waals surface area (Å²) in [7, 11) is 0. The van der Waals surface area contributed by atoms with Crippen molar-refractivity contribution in [3.8, 4) is 11.4 Å². The average molecular weight is 203 g/mol. The first kappa shape index (κ1) is 9.64. The molecule has 5 heteroatoms. The van der Waals surface area contributed by atoms with Crippen molar-refractivity contribution in [2.75, 3.05) is 5.73 Å². The number of nitrogens with zero attached hydrogens (tertiary/aromatic N) is 4. The monoisotopic (exact) mass is 203 g/mol. The molecule has 0 amide bonds. The van der Waals surface area contributed by atoms with E-state index in [1.165, 1.54) is 0 Å². The predicted molar refractivity (Wildman–Crippen MR) is 58.1 cm³/mol. The number of hydrogen-bond acceptors (Lipinski definition) is 4. The maximum atomic E-state index is 5.62. The van der Waals surface area contributed by atoms with Gasteiger partial charge in [-0.05, 0) is 48.5 Å². The normalized spacial score (nSPS) is 10.9. The van der Waals surface area contributed by atoms with Crippen LogP contribution in [0.2, 0.25) is 0 Å². The van der Waals surface area contributed by atoms with Gasteiger partial charge in [-0.25, -0.2) is 4.68 Å². The van der Waals surface area contributed by atoms with E-state index in [-0.39, 0.29) is 6.04 Å². The van der Waals surface area contributed by atoms with Gasteiger partial charge in [0, 0.05) is 11.3 Å². The fourth-order valence-corrected chi connectivity index (χ4v) is 1.36. The topological polar surface area (TPSA) is 69.6 Å². The number of nitrogen functional groups attached to an aromatic ring is 1. The molecule has 1 aromatic heterocycles. The zero-order valence-electron chi connectivity index (χ0n) is 8.75. The molecule has 0 unspecified atom stereocenters. The number of hydrogen-bond donors (Lipinski definition) is 1. The van der Waals surface area contributed by atoms with E-state index in [1.807, 2.05) is 38.1 Å². The van der Waals surface area contributed by atoms with Crippen LogP contribution in [0.5, 0.6) is 0 Å². The van der Waals surface area contributed by atoms with E-state index in [0.717, 1.165) is 17.1 Å². The highest BCUT2D eigenvalue weighted by Gasteiger charge is 2.10. The highest BCUT2D eigenvalue weighted by atomic mass is 15.5. The van der Waals surface area contributed by atoms with Crippen LogP contribution in [0.4, 0.5) is 5.69 Å². The van der Waals surface area contributed by atoms with Crippen LogP contribution in [-0.2, 0) is 0 Å². The van der Waals surface area contributed by atoms with E-state index < -0.39 is 0 Å². The summed E-state index contributed by atoms with van der Waals surface area (Å²) in [5.41, 5.74) is 7.33. The molecule has 0 aliphatic carbocycles. The summed E-state index contributed by atoms with van der Waals surface area (Å²) < 4.78 is 1.78. The van der Waals surface area contributed by atoms with E-state index in [1.54, 1.807) is 4.68 Å². The van der Waals surface area contributed by atoms with Crippen molar-refractivity contribution in [1.82, 2.24) is 20.2 Å². The van der Waals surface area contributed by atoms with Crippen LogP contribution in [0.3, 0.4) is 0 Å². The molecule has 0 aliphatic heterocycles. The van der Waals surface area contributed by atoms with Crippen LogP contribution in [0.15, 0.2) is 24.3 Å². The Morgan fingerprint density at radius 1 is 1.20 bits per heavy atom. The molecule has 1 aromatic carbocycles. The zero-order chi connectivity index (χ0) is 10.8. The number of aromatic nitrogens is 4.